The summed E-state index contributed by atoms with van der Waals surface area (Å²) in [5, 5.41) is 2.67. The molecule has 4 nitrogen and oxygen atoms in total. The molecular weight excluding hydrogens is 333 g/mol. The van der Waals surface area contributed by atoms with Crippen molar-refractivity contribution in [1.29, 1.82) is 0 Å². The summed E-state index contributed by atoms with van der Waals surface area (Å²) in [5.74, 6) is -0.602. The fourth-order valence-electron chi connectivity index (χ4n) is 2.31. The largest absolute Gasteiger partial charge is 0.435 e. The van der Waals surface area contributed by atoms with Crippen LogP contribution in [0.25, 0.3) is 0 Å². The third-order valence-corrected chi connectivity index (χ3v) is 3.49. The van der Waals surface area contributed by atoms with Gasteiger partial charge in [-0.05, 0) is 49.4 Å². The maximum atomic E-state index is 13.2. The van der Waals surface area contributed by atoms with Gasteiger partial charge < -0.3 is 10.1 Å². The highest BCUT2D eigenvalue weighted by atomic mass is 19.3. The van der Waals surface area contributed by atoms with Gasteiger partial charge in [-0.15, -0.1) is 0 Å². The Bertz CT molecular complexity index is 721. The van der Waals surface area contributed by atoms with Crippen LogP contribution in [-0.4, -0.2) is 31.0 Å². The summed E-state index contributed by atoms with van der Waals surface area (Å²) in [6.45, 7) is -0.527. The van der Waals surface area contributed by atoms with E-state index in [-0.39, 0.29) is 18.2 Å². The Morgan fingerprint density at radius 3 is 2.52 bits per heavy atom. The van der Waals surface area contributed by atoms with Crippen molar-refractivity contribution in [3.63, 3.8) is 0 Å². The first-order chi connectivity index (χ1) is 11.8. The van der Waals surface area contributed by atoms with Crippen LogP contribution in [0.4, 0.5) is 18.9 Å². The average molecular weight is 352 g/mol. The summed E-state index contributed by atoms with van der Waals surface area (Å²) in [5.41, 5.74) is 2.05. The van der Waals surface area contributed by atoms with E-state index >= 15 is 0 Å². The van der Waals surface area contributed by atoms with Gasteiger partial charge in [0, 0.05) is 12.2 Å². The molecule has 134 valence electrons. The molecule has 1 N–H and O–H groups in total. The van der Waals surface area contributed by atoms with Crippen LogP contribution in [0.1, 0.15) is 11.1 Å². The van der Waals surface area contributed by atoms with Crippen molar-refractivity contribution in [3.05, 3.63) is 59.4 Å². The summed E-state index contributed by atoms with van der Waals surface area (Å²) in [6, 6.07) is 10.4. The number of halogens is 3. The number of nitrogens with one attached hydrogen (secondary N) is 1. The molecule has 0 aliphatic carbocycles. The Morgan fingerprint density at radius 1 is 1.20 bits per heavy atom. The van der Waals surface area contributed by atoms with Gasteiger partial charge in [-0.2, -0.15) is 8.78 Å². The zero-order valence-electron chi connectivity index (χ0n) is 13.9. The van der Waals surface area contributed by atoms with Crippen LogP contribution in [-0.2, 0) is 11.3 Å². The monoisotopic (exact) mass is 352 g/mol. The van der Waals surface area contributed by atoms with E-state index in [1.165, 1.54) is 24.3 Å². The van der Waals surface area contributed by atoms with E-state index in [2.05, 4.69) is 10.1 Å². The highest BCUT2D eigenvalue weighted by Gasteiger charge is 2.10. The number of ether oxygens (including phenoxy) is 1. The predicted molar refractivity (Wildman–Crippen MR) is 89.2 cm³/mol. The summed E-state index contributed by atoms with van der Waals surface area (Å²) in [7, 11) is 1.75. The van der Waals surface area contributed by atoms with Crippen LogP contribution in [0.3, 0.4) is 0 Å². The van der Waals surface area contributed by atoms with Crippen molar-refractivity contribution in [2.24, 2.45) is 0 Å². The standard InChI is InChI=1S/C18H19F3N2O2/c1-12-3-6-14(19)9-16(12)22-17(24)11-23(2)10-13-4-7-15(8-5-13)25-18(20)21/h3-9,18H,10-11H2,1-2H3,(H,22,24). The molecule has 25 heavy (non-hydrogen) atoms. The molecule has 2 rings (SSSR count). The molecule has 0 heterocycles. The van der Waals surface area contributed by atoms with Crippen molar-refractivity contribution < 1.29 is 22.7 Å². The second-order valence-electron chi connectivity index (χ2n) is 5.70. The van der Waals surface area contributed by atoms with Gasteiger partial charge in [-0.3, -0.25) is 9.69 Å². The molecule has 0 radical (unpaired) electrons. The number of amides is 1. The summed E-state index contributed by atoms with van der Waals surface area (Å²) < 4.78 is 41.7. The SMILES string of the molecule is Cc1ccc(F)cc1NC(=O)CN(C)Cc1ccc(OC(F)F)cc1. The molecule has 0 saturated heterocycles. The molecule has 0 aliphatic heterocycles. The Labute approximate surface area is 144 Å². The molecule has 0 aliphatic rings. The molecule has 1 amide bonds. The van der Waals surface area contributed by atoms with Gasteiger partial charge in [0.05, 0.1) is 6.54 Å². The van der Waals surface area contributed by atoms with E-state index in [0.29, 0.717) is 12.2 Å². The van der Waals surface area contributed by atoms with Crippen molar-refractivity contribution >= 4 is 11.6 Å². The lowest BCUT2D eigenvalue weighted by Crippen LogP contribution is -2.30. The minimum Gasteiger partial charge on any atom is -0.435 e. The van der Waals surface area contributed by atoms with Crippen LogP contribution in [0.15, 0.2) is 42.5 Å². The third-order valence-electron chi connectivity index (χ3n) is 3.49. The summed E-state index contributed by atoms with van der Waals surface area (Å²) in [6.07, 6.45) is 0. The highest BCUT2D eigenvalue weighted by Crippen LogP contribution is 2.17. The lowest BCUT2D eigenvalue weighted by molar-refractivity contribution is -0.117. The van der Waals surface area contributed by atoms with E-state index < -0.39 is 12.4 Å². The van der Waals surface area contributed by atoms with Crippen molar-refractivity contribution in [2.45, 2.75) is 20.1 Å². The number of benzene rings is 2. The van der Waals surface area contributed by atoms with Crippen molar-refractivity contribution in [2.75, 3.05) is 18.9 Å². The first kappa shape index (κ1) is 18.8. The van der Waals surface area contributed by atoms with Crippen LogP contribution in [0, 0.1) is 12.7 Å². The van der Waals surface area contributed by atoms with Crippen molar-refractivity contribution in [1.82, 2.24) is 4.90 Å². The average Bonchev–Trinajstić information content (AvgIpc) is 2.52. The van der Waals surface area contributed by atoms with Gasteiger partial charge >= 0.3 is 6.61 Å². The number of hydrogen-bond acceptors (Lipinski definition) is 3. The lowest BCUT2D eigenvalue weighted by Gasteiger charge is -2.17. The third kappa shape index (κ3) is 6.11. The normalized spacial score (nSPS) is 11.0. The lowest BCUT2D eigenvalue weighted by atomic mass is 10.2. The first-order valence-corrected chi connectivity index (χ1v) is 7.62. The molecule has 0 spiro atoms. The number of alkyl halides is 2. The molecule has 2 aromatic rings. The first-order valence-electron chi connectivity index (χ1n) is 7.62. The number of nitrogens with zero attached hydrogens (tertiary/aromatic N) is 1. The topological polar surface area (TPSA) is 41.6 Å². The number of carbonyl (C=O) groups excluding carboxylic acids is 1. The van der Waals surface area contributed by atoms with Crippen LogP contribution in [0.2, 0.25) is 0 Å². The van der Waals surface area contributed by atoms with E-state index in [1.54, 1.807) is 37.1 Å². The Balaban J connectivity index is 1.87. The highest BCUT2D eigenvalue weighted by molar-refractivity contribution is 5.92. The summed E-state index contributed by atoms with van der Waals surface area (Å²) in [4.78, 5) is 13.8. The van der Waals surface area contributed by atoms with Crippen molar-refractivity contribution in [3.8, 4) is 5.75 Å². The van der Waals surface area contributed by atoms with E-state index in [4.69, 9.17) is 0 Å². The number of likely N-dealkylation sites (N-methyl/N-ethyl adjacent to an activating group) is 1. The quantitative estimate of drug-likeness (QED) is 0.824. The fraction of sp³-hybridized carbons (Fsp3) is 0.278. The maximum Gasteiger partial charge on any atom is 0.387 e. The molecule has 0 fully saturated rings. The predicted octanol–water partition coefficient (Wildman–Crippen LogP) is 3.81. The smallest absolute Gasteiger partial charge is 0.387 e. The zero-order valence-corrected chi connectivity index (χ0v) is 13.9. The van der Waals surface area contributed by atoms with Crippen LogP contribution < -0.4 is 10.1 Å². The number of carbonyl (C=O) groups is 1. The maximum absolute atomic E-state index is 13.2. The Morgan fingerprint density at radius 2 is 1.88 bits per heavy atom. The van der Waals surface area contributed by atoms with E-state index in [1.807, 2.05) is 0 Å². The number of aryl methyl sites for hydroxylation is 1. The number of rotatable bonds is 7. The molecular formula is C18H19F3N2O2. The second-order valence-corrected chi connectivity index (χ2v) is 5.70. The zero-order chi connectivity index (χ0) is 18.4. The minimum atomic E-state index is -2.86. The van der Waals surface area contributed by atoms with Gasteiger partial charge in [-0.1, -0.05) is 18.2 Å². The van der Waals surface area contributed by atoms with Gasteiger partial charge in [0.15, 0.2) is 0 Å². The molecule has 7 heteroatoms. The molecule has 0 atom stereocenters. The second kappa shape index (κ2) is 8.53. The molecule has 2 aromatic carbocycles. The molecule has 0 saturated carbocycles. The Kier molecular flexibility index (Phi) is 6.41. The summed E-state index contributed by atoms with van der Waals surface area (Å²) >= 11 is 0. The fourth-order valence-corrected chi connectivity index (χ4v) is 2.31. The molecule has 0 bridgehead atoms. The number of hydrogen-bond donors (Lipinski definition) is 1. The molecule has 0 aromatic heterocycles. The van der Waals surface area contributed by atoms with Gasteiger partial charge in [0.1, 0.15) is 11.6 Å². The number of anilines is 1. The van der Waals surface area contributed by atoms with E-state index in [0.717, 1.165) is 11.1 Å². The Hall–Kier alpha value is -2.54. The van der Waals surface area contributed by atoms with Crippen LogP contribution >= 0.6 is 0 Å². The van der Waals surface area contributed by atoms with Gasteiger partial charge in [0.2, 0.25) is 5.91 Å². The minimum absolute atomic E-state index is 0.0840. The van der Waals surface area contributed by atoms with Crippen LogP contribution in [0.5, 0.6) is 5.75 Å². The van der Waals surface area contributed by atoms with Gasteiger partial charge in [0.25, 0.3) is 0 Å². The van der Waals surface area contributed by atoms with E-state index in [9.17, 15) is 18.0 Å². The van der Waals surface area contributed by atoms with Gasteiger partial charge in [-0.25, -0.2) is 4.39 Å². The molecule has 0 unspecified atom stereocenters.